The first kappa shape index (κ1) is 30.9. The van der Waals surface area contributed by atoms with Gasteiger partial charge in [0.15, 0.2) is 0 Å². The summed E-state index contributed by atoms with van der Waals surface area (Å²) < 4.78 is 0. The Kier molecular flexibility index (Phi) is 182. The summed E-state index contributed by atoms with van der Waals surface area (Å²) >= 11 is 0. The van der Waals surface area contributed by atoms with Crippen LogP contribution in [0.5, 0.6) is 0 Å². The van der Waals surface area contributed by atoms with E-state index in [4.69, 9.17) is 10.2 Å². The molecule has 0 saturated carbocycles. The normalized spacial score (nSPS) is 4.00. The van der Waals surface area contributed by atoms with Crippen molar-refractivity contribution in [3.8, 4) is 0 Å². The SMILES string of the molecule is Br.Br.CCO.CCO.[Zr]. The summed E-state index contributed by atoms with van der Waals surface area (Å²) in [5.41, 5.74) is 0. The molecule has 2 nitrogen and oxygen atoms in total. The molecule has 0 saturated heterocycles. The van der Waals surface area contributed by atoms with Crippen molar-refractivity contribution in [2.24, 2.45) is 0 Å². The van der Waals surface area contributed by atoms with Crippen LogP contribution in [-0.4, -0.2) is 23.4 Å². The summed E-state index contributed by atoms with van der Waals surface area (Å²) in [7, 11) is 0. The predicted octanol–water partition coefficient (Wildman–Crippen LogP) is 1.15. The Hall–Kier alpha value is 1.76. The van der Waals surface area contributed by atoms with Gasteiger partial charge in [-0.3, -0.25) is 0 Å². The van der Waals surface area contributed by atoms with E-state index < -0.39 is 0 Å². The molecular formula is C4H14Br2O2Zr. The van der Waals surface area contributed by atoms with Gasteiger partial charge < -0.3 is 10.2 Å². The second-order valence-corrected chi connectivity index (χ2v) is 0.632. The molecule has 0 aromatic rings. The fourth-order valence-corrected chi connectivity index (χ4v) is 0. The number of hydrogen-bond acceptors (Lipinski definition) is 2. The fourth-order valence-electron chi connectivity index (χ4n) is 0. The number of aliphatic hydroxyl groups is 2. The second kappa shape index (κ2) is 52.9. The van der Waals surface area contributed by atoms with Gasteiger partial charge in [-0.25, -0.2) is 0 Å². The molecule has 0 aliphatic carbocycles. The van der Waals surface area contributed by atoms with Gasteiger partial charge in [0, 0.05) is 39.4 Å². The molecule has 60 valence electrons. The van der Waals surface area contributed by atoms with Crippen molar-refractivity contribution in [2.75, 3.05) is 13.2 Å². The molecule has 2 N–H and O–H groups in total. The van der Waals surface area contributed by atoms with Gasteiger partial charge in [0.05, 0.1) is 0 Å². The van der Waals surface area contributed by atoms with E-state index in [1.165, 1.54) is 0 Å². The molecule has 0 aromatic carbocycles. The van der Waals surface area contributed by atoms with Gasteiger partial charge in [0.2, 0.25) is 0 Å². The molecule has 0 fully saturated rings. The maximum Gasteiger partial charge on any atom is 0.0402 e. The van der Waals surface area contributed by atoms with Crippen LogP contribution in [0.25, 0.3) is 0 Å². The quantitative estimate of drug-likeness (QED) is 0.692. The average Bonchev–Trinajstić information content (AvgIpc) is 1.39. The number of aliphatic hydroxyl groups excluding tert-OH is 2. The van der Waals surface area contributed by atoms with Crippen LogP contribution in [0.1, 0.15) is 13.8 Å². The zero-order valence-electron chi connectivity index (χ0n) is 5.63. The molecule has 0 atom stereocenters. The van der Waals surface area contributed by atoms with Crippen molar-refractivity contribution in [1.29, 1.82) is 0 Å². The summed E-state index contributed by atoms with van der Waals surface area (Å²) in [4.78, 5) is 0. The Labute approximate surface area is 96.7 Å². The molecule has 0 aromatic heterocycles. The molecule has 0 aliphatic heterocycles. The third kappa shape index (κ3) is 189. The van der Waals surface area contributed by atoms with Crippen LogP contribution in [0.2, 0.25) is 0 Å². The summed E-state index contributed by atoms with van der Waals surface area (Å²) in [6.45, 7) is 3.86. The average molecular weight is 345 g/mol. The zero-order valence-corrected chi connectivity index (χ0v) is 11.5. The van der Waals surface area contributed by atoms with E-state index in [0.717, 1.165) is 0 Å². The third-order valence-corrected chi connectivity index (χ3v) is 0. The van der Waals surface area contributed by atoms with Crippen LogP contribution in [0.4, 0.5) is 0 Å². The number of rotatable bonds is 0. The molecule has 0 radical (unpaired) electrons. The van der Waals surface area contributed by atoms with E-state index in [2.05, 4.69) is 0 Å². The van der Waals surface area contributed by atoms with Crippen LogP contribution in [0, 0.1) is 0 Å². The monoisotopic (exact) mass is 342 g/mol. The molecule has 0 bridgehead atoms. The van der Waals surface area contributed by atoms with Crippen LogP contribution in [0.3, 0.4) is 0 Å². The molecule has 5 heteroatoms. The first-order chi connectivity index (χ1) is 2.83. The van der Waals surface area contributed by atoms with Gasteiger partial charge in [-0.2, -0.15) is 0 Å². The van der Waals surface area contributed by atoms with E-state index in [1.54, 1.807) is 13.8 Å². The molecular weight excluding hydrogens is 331 g/mol. The van der Waals surface area contributed by atoms with Crippen molar-refractivity contribution in [3.63, 3.8) is 0 Å². The van der Waals surface area contributed by atoms with E-state index >= 15 is 0 Å². The Morgan fingerprint density at radius 3 is 0.889 bits per heavy atom. The first-order valence-electron chi connectivity index (χ1n) is 2.05. The molecule has 0 aliphatic rings. The van der Waals surface area contributed by atoms with Gasteiger partial charge in [-0.1, -0.05) is 0 Å². The van der Waals surface area contributed by atoms with Gasteiger partial charge in [0.1, 0.15) is 0 Å². The second-order valence-electron chi connectivity index (χ2n) is 0.632. The smallest absolute Gasteiger partial charge is 0.0402 e. The predicted molar refractivity (Wildman–Crippen MR) is 46.2 cm³/mol. The summed E-state index contributed by atoms with van der Waals surface area (Å²) in [6, 6.07) is 0. The fraction of sp³-hybridized carbons (Fsp3) is 1.00. The van der Waals surface area contributed by atoms with Crippen molar-refractivity contribution in [3.05, 3.63) is 0 Å². The minimum Gasteiger partial charge on any atom is -0.397 e. The van der Waals surface area contributed by atoms with Crippen LogP contribution < -0.4 is 0 Å². The topological polar surface area (TPSA) is 40.5 Å². The Bertz CT molecular complexity index is 18.5. The maximum absolute atomic E-state index is 7.57. The van der Waals surface area contributed by atoms with E-state index in [9.17, 15) is 0 Å². The number of halogens is 2. The van der Waals surface area contributed by atoms with Gasteiger partial charge in [-0.15, -0.1) is 34.0 Å². The van der Waals surface area contributed by atoms with Crippen molar-refractivity contribution >= 4 is 34.0 Å². The van der Waals surface area contributed by atoms with Gasteiger partial charge in [-0.05, 0) is 13.8 Å². The van der Waals surface area contributed by atoms with E-state index in [0.29, 0.717) is 0 Å². The largest absolute Gasteiger partial charge is 0.397 e. The molecule has 0 heterocycles. The summed E-state index contributed by atoms with van der Waals surface area (Å²) in [5.74, 6) is 0. The third-order valence-electron chi connectivity index (χ3n) is 0. The van der Waals surface area contributed by atoms with E-state index in [-0.39, 0.29) is 73.4 Å². The first-order valence-corrected chi connectivity index (χ1v) is 2.05. The Morgan fingerprint density at radius 1 is 0.889 bits per heavy atom. The molecule has 0 amide bonds. The Morgan fingerprint density at radius 2 is 0.889 bits per heavy atom. The van der Waals surface area contributed by atoms with Crippen LogP contribution >= 0.6 is 34.0 Å². The molecule has 0 spiro atoms. The van der Waals surface area contributed by atoms with Crippen LogP contribution in [0.15, 0.2) is 0 Å². The minimum atomic E-state index is 0. The number of hydrogen-bond donors (Lipinski definition) is 2. The molecule has 9 heavy (non-hydrogen) atoms. The van der Waals surface area contributed by atoms with E-state index in [1.807, 2.05) is 0 Å². The van der Waals surface area contributed by atoms with Crippen LogP contribution in [-0.2, 0) is 26.2 Å². The van der Waals surface area contributed by atoms with Gasteiger partial charge >= 0.3 is 0 Å². The summed E-state index contributed by atoms with van der Waals surface area (Å²) in [5, 5.41) is 15.1. The minimum absolute atomic E-state index is 0. The van der Waals surface area contributed by atoms with Crippen molar-refractivity contribution in [1.82, 2.24) is 0 Å². The standard InChI is InChI=1S/2C2H6O.2BrH.Zr/c2*1-2-3;;;/h2*3H,2H2,1H3;2*1H;. The maximum atomic E-state index is 7.57. The molecule has 0 rings (SSSR count). The van der Waals surface area contributed by atoms with Gasteiger partial charge in [0.25, 0.3) is 0 Å². The Balaban J connectivity index is -0.00000000889. The zero-order chi connectivity index (χ0) is 5.41. The summed E-state index contributed by atoms with van der Waals surface area (Å²) in [6.07, 6.45) is 0. The molecule has 0 unspecified atom stereocenters. The van der Waals surface area contributed by atoms with Crippen molar-refractivity contribution in [2.45, 2.75) is 13.8 Å². The van der Waals surface area contributed by atoms with Crippen molar-refractivity contribution < 1.29 is 36.4 Å².